The molecule has 196 valence electrons. The van der Waals surface area contributed by atoms with E-state index in [0.29, 0.717) is 12.0 Å². The SMILES string of the molecule is C=CC[C@H]1[C@H](n2ccc(=O)[nH]c2=O)O[C@@](CO)(COC(=O)c2ccccc2)[C@H]1O[Si](C)(C)C(C)(C)C. The lowest BCUT2D eigenvalue weighted by atomic mass is 9.88. The largest absolute Gasteiger partial charge is 0.459 e. The minimum Gasteiger partial charge on any atom is -0.459 e. The minimum atomic E-state index is -2.43. The Morgan fingerprint density at radius 1 is 1.25 bits per heavy atom. The predicted octanol–water partition coefficient (Wildman–Crippen LogP) is 3.24. The number of nitrogens with one attached hydrogen (secondary N) is 1. The molecular formula is C26H36N2O7Si. The molecule has 0 amide bonds. The molecule has 2 N–H and O–H groups in total. The van der Waals surface area contributed by atoms with Gasteiger partial charge in [-0.25, -0.2) is 9.59 Å². The van der Waals surface area contributed by atoms with E-state index in [1.165, 1.54) is 16.8 Å². The highest BCUT2D eigenvalue weighted by molar-refractivity contribution is 6.74. The number of aliphatic hydroxyl groups is 1. The van der Waals surface area contributed by atoms with E-state index in [4.69, 9.17) is 13.9 Å². The normalized spacial score (nSPS) is 24.4. The second kappa shape index (κ2) is 10.7. The average Bonchev–Trinajstić information content (AvgIpc) is 3.10. The van der Waals surface area contributed by atoms with Crippen LogP contribution in [0.15, 0.2) is 64.8 Å². The lowest BCUT2D eigenvalue weighted by molar-refractivity contribution is -0.149. The summed E-state index contributed by atoms with van der Waals surface area (Å²) in [4.78, 5) is 39.4. The molecule has 1 fully saturated rings. The van der Waals surface area contributed by atoms with Crippen LogP contribution < -0.4 is 11.2 Å². The smallest absolute Gasteiger partial charge is 0.338 e. The first-order valence-electron chi connectivity index (χ1n) is 12.0. The summed E-state index contributed by atoms with van der Waals surface area (Å²) < 4.78 is 20.1. The molecule has 1 saturated heterocycles. The number of nitrogens with zero attached hydrogens (tertiary/aromatic N) is 1. The molecule has 4 atom stereocenters. The first-order valence-corrected chi connectivity index (χ1v) is 14.9. The van der Waals surface area contributed by atoms with Crippen LogP contribution in [0.25, 0.3) is 0 Å². The Morgan fingerprint density at radius 2 is 1.92 bits per heavy atom. The summed E-state index contributed by atoms with van der Waals surface area (Å²) in [5.41, 5.74) is -2.27. The van der Waals surface area contributed by atoms with Gasteiger partial charge in [-0.15, -0.1) is 6.58 Å². The predicted molar refractivity (Wildman–Crippen MR) is 138 cm³/mol. The molecule has 1 aromatic heterocycles. The third kappa shape index (κ3) is 5.62. The number of esters is 1. The van der Waals surface area contributed by atoms with Gasteiger partial charge in [0, 0.05) is 18.2 Å². The van der Waals surface area contributed by atoms with E-state index >= 15 is 0 Å². The van der Waals surface area contributed by atoms with Gasteiger partial charge in [-0.05, 0) is 36.7 Å². The summed E-state index contributed by atoms with van der Waals surface area (Å²) in [7, 11) is -2.43. The average molecular weight is 517 g/mol. The van der Waals surface area contributed by atoms with Gasteiger partial charge in [-0.3, -0.25) is 14.3 Å². The van der Waals surface area contributed by atoms with Crippen LogP contribution >= 0.6 is 0 Å². The van der Waals surface area contributed by atoms with Crippen LogP contribution in [0.3, 0.4) is 0 Å². The maximum Gasteiger partial charge on any atom is 0.338 e. The Balaban J connectivity index is 2.06. The standard InChI is InChI=1S/C26H36N2O7Si/c1-7-11-19-21(35-36(5,6)25(2,3)4)26(16-29,17-33-23(31)18-12-9-8-10-13-18)34-22(19)28-15-14-20(30)27-24(28)32/h7-10,12-15,19,21-22,29H,1,11,16-17H2,2-6H3,(H,27,30,32)/t19-,21+,22-,26+/m1/s1. The number of ether oxygens (including phenoxy) is 2. The van der Waals surface area contributed by atoms with E-state index in [-0.39, 0.29) is 11.6 Å². The summed E-state index contributed by atoms with van der Waals surface area (Å²) in [5.74, 6) is -1.02. The van der Waals surface area contributed by atoms with Crippen LogP contribution in [-0.2, 0) is 13.9 Å². The topological polar surface area (TPSA) is 120 Å². The first-order chi connectivity index (χ1) is 16.8. The molecule has 10 heteroatoms. The van der Waals surface area contributed by atoms with Crippen molar-refractivity contribution in [1.82, 2.24) is 9.55 Å². The van der Waals surface area contributed by atoms with Crippen molar-refractivity contribution in [2.24, 2.45) is 5.92 Å². The Labute approximate surface area is 211 Å². The molecule has 9 nitrogen and oxygen atoms in total. The van der Waals surface area contributed by atoms with Gasteiger partial charge in [0.15, 0.2) is 13.9 Å². The monoisotopic (exact) mass is 516 g/mol. The maximum atomic E-state index is 12.8. The summed E-state index contributed by atoms with van der Waals surface area (Å²) in [6.45, 7) is 13.5. The highest BCUT2D eigenvalue weighted by atomic mass is 28.4. The maximum absolute atomic E-state index is 12.8. The van der Waals surface area contributed by atoms with E-state index in [1.54, 1.807) is 36.4 Å². The van der Waals surface area contributed by atoms with Crippen LogP contribution in [0.1, 0.15) is 43.8 Å². The number of carbonyl (C=O) groups is 1. The zero-order valence-electron chi connectivity index (χ0n) is 21.5. The van der Waals surface area contributed by atoms with E-state index in [0.717, 1.165) is 0 Å². The zero-order valence-corrected chi connectivity index (χ0v) is 22.5. The van der Waals surface area contributed by atoms with Crippen LogP contribution in [0.4, 0.5) is 0 Å². The van der Waals surface area contributed by atoms with E-state index in [1.807, 2.05) is 0 Å². The van der Waals surface area contributed by atoms with Crippen LogP contribution in [-0.4, -0.2) is 53.9 Å². The highest BCUT2D eigenvalue weighted by Crippen LogP contribution is 2.48. The molecule has 0 unspecified atom stereocenters. The van der Waals surface area contributed by atoms with Gasteiger partial charge in [0.25, 0.3) is 5.56 Å². The number of allylic oxidation sites excluding steroid dienone is 1. The van der Waals surface area contributed by atoms with Crippen LogP contribution in [0.2, 0.25) is 18.1 Å². The van der Waals surface area contributed by atoms with Crippen molar-refractivity contribution in [2.75, 3.05) is 13.2 Å². The fraction of sp³-hybridized carbons (Fsp3) is 0.500. The van der Waals surface area contributed by atoms with Gasteiger partial charge in [-0.2, -0.15) is 0 Å². The molecule has 1 aliphatic rings. The van der Waals surface area contributed by atoms with Gasteiger partial charge in [0.05, 0.1) is 18.3 Å². The molecule has 0 saturated carbocycles. The zero-order chi connectivity index (χ0) is 26.7. The number of aromatic amines is 1. The Kier molecular flexibility index (Phi) is 8.24. The quantitative estimate of drug-likeness (QED) is 0.298. The lowest BCUT2D eigenvalue weighted by Gasteiger charge is -2.43. The summed E-state index contributed by atoms with van der Waals surface area (Å²) >= 11 is 0. The van der Waals surface area contributed by atoms with E-state index < -0.39 is 56.0 Å². The molecule has 1 aliphatic heterocycles. The molecule has 0 spiro atoms. The molecule has 0 bridgehead atoms. The second-order valence-corrected chi connectivity index (χ2v) is 15.4. The van der Waals surface area contributed by atoms with E-state index in [9.17, 15) is 19.5 Å². The van der Waals surface area contributed by atoms with Crippen molar-refractivity contribution in [1.29, 1.82) is 0 Å². The molecule has 2 heterocycles. The van der Waals surface area contributed by atoms with Crippen molar-refractivity contribution >= 4 is 14.3 Å². The fourth-order valence-corrected chi connectivity index (χ4v) is 5.46. The van der Waals surface area contributed by atoms with E-state index in [2.05, 4.69) is 45.4 Å². The highest BCUT2D eigenvalue weighted by Gasteiger charge is 2.59. The lowest BCUT2D eigenvalue weighted by Crippen LogP contribution is -2.56. The van der Waals surface area contributed by atoms with Gasteiger partial charge in [-0.1, -0.05) is 45.0 Å². The first kappa shape index (κ1) is 27.8. The second-order valence-electron chi connectivity index (χ2n) is 10.7. The van der Waals surface area contributed by atoms with Crippen molar-refractivity contribution in [3.8, 4) is 0 Å². The van der Waals surface area contributed by atoms with Crippen molar-refractivity contribution in [2.45, 2.75) is 63.3 Å². The summed E-state index contributed by atoms with van der Waals surface area (Å²) in [5, 5.41) is 10.5. The number of H-pyrrole nitrogens is 1. The molecule has 3 rings (SSSR count). The summed E-state index contributed by atoms with van der Waals surface area (Å²) in [6.07, 6.45) is 1.82. The van der Waals surface area contributed by atoms with Gasteiger partial charge in [0.1, 0.15) is 12.8 Å². The Hall–Kier alpha value is -2.79. The summed E-state index contributed by atoms with van der Waals surface area (Å²) in [6, 6.07) is 9.75. The van der Waals surface area contributed by atoms with Crippen molar-refractivity contribution in [3.63, 3.8) is 0 Å². The number of hydrogen-bond donors (Lipinski definition) is 2. The fourth-order valence-electron chi connectivity index (χ4n) is 4.08. The number of benzene rings is 1. The van der Waals surface area contributed by atoms with Crippen molar-refractivity contribution in [3.05, 3.63) is 81.7 Å². The third-order valence-electron chi connectivity index (χ3n) is 7.15. The Morgan fingerprint density at radius 3 is 2.47 bits per heavy atom. The number of carbonyl (C=O) groups excluding carboxylic acids is 1. The van der Waals surface area contributed by atoms with Gasteiger partial charge in [0.2, 0.25) is 0 Å². The van der Waals surface area contributed by atoms with Crippen molar-refractivity contribution < 1.29 is 23.8 Å². The minimum absolute atomic E-state index is 0.166. The molecule has 0 aliphatic carbocycles. The number of rotatable bonds is 9. The number of aromatic nitrogens is 2. The molecule has 2 aromatic rings. The molecule has 36 heavy (non-hydrogen) atoms. The van der Waals surface area contributed by atoms with Crippen LogP contribution in [0.5, 0.6) is 0 Å². The van der Waals surface area contributed by atoms with Gasteiger partial charge >= 0.3 is 11.7 Å². The molecular weight excluding hydrogens is 480 g/mol. The third-order valence-corrected chi connectivity index (χ3v) is 11.6. The van der Waals surface area contributed by atoms with Gasteiger partial charge < -0.3 is 19.0 Å². The molecule has 0 radical (unpaired) electrons. The Bertz CT molecular complexity index is 1190. The number of aliphatic hydroxyl groups excluding tert-OH is 1. The molecule has 1 aromatic carbocycles. The number of hydrogen-bond acceptors (Lipinski definition) is 7. The van der Waals surface area contributed by atoms with Crippen LogP contribution in [0, 0.1) is 5.92 Å².